The molecule has 46 heavy (non-hydrogen) atoms. The molecule has 3 fully saturated rings. The first kappa shape index (κ1) is 37.4. The summed E-state index contributed by atoms with van der Waals surface area (Å²) < 4.78 is 60.3. The van der Waals surface area contributed by atoms with E-state index >= 15 is 0 Å². The summed E-state index contributed by atoms with van der Waals surface area (Å²) in [5, 5.41) is 12.5. The van der Waals surface area contributed by atoms with Crippen molar-refractivity contribution >= 4 is 41.5 Å². The molecule has 3 N–H and O–H groups in total. The lowest BCUT2D eigenvalue weighted by Gasteiger charge is -2.48. The average Bonchev–Trinajstić information content (AvgIpc) is 2.99. The maximum Gasteiger partial charge on any atom is 0.490 e. The Morgan fingerprint density at radius 2 is 1.72 bits per heavy atom. The minimum atomic E-state index is -5.08. The molecule has 1 aromatic carbocycles. The fourth-order valence-electron chi connectivity index (χ4n) is 6.21. The van der Waals surface area contributed by atoms with E-state index in [0.717, 1.165) is 50.0 Å². The summed E-state index contributed by atoms with van der Waals surface area (Å²) in [6.07, 6.45) is -0.281. The third-order valence-electron chi connectivity index (χ3n) is 9.25. The van der Waals surface area contributed by atoms with Crippen LogP contribution in [0.1, 0.15) is 54.4 Å². The van der Waals surface area contributed by atoms with E-state index in [1.165, 1.54) is 0 Å². The van der Waals surface area contributed by atoms with E-state index in [1.807, 2.05) is 29.8 Å². The fraction of sp³-hybridized carbons (Fsp3) is 0.667. The molecular weight excluding hydrogens is 641 g/mol. The molecule has 4 rings (SSSR count). The van der Waals surface area contributed by atoms with Crippen molar-refractivity contribution in [2.75, 3.05) is 64.3 Å². The van der Waals surface area contributed by atoms with Crippen LogP contribution in [0.15, 0.2) is 12.1 Å². The van der Waals surface area contributed by atoms with Crippen molar-refractivity contribution in [3.63, 3.8) is 0 Å². The molecule has 3 amide bonds. The zero-order valence-corrected chi connectivity index (χ0v) is 26.7. The number of carboxylic acids is 1. The number of benzene rings is 1. The van der Waals surface area contributed by atoms with Gasteiger partial charge >= 0.3 is 12.1 Å². The van der Waals surface area contributed by atoms with Gasteiger partial charge in [0.25, 0.3) is 11.8 Å². The summed E-state index contributed by atoms with van der Waals surface area (Å²) in [4.78, 5) is 50.5. The second-order valence-corrected chi connectivity index (χ2v) is 12.7. The highest BCUT2D eigenvalue weighted by molar-refractivity contribution is 6.32. The number of hydrogen-bond donors (Lipinski definition) is 3. The van der Waals surface area contributed by atoms with Crippen molar-refractivity contribution in [2.45, 2.75) is 57.5 Å². The molecule has 3 aliphatic rings. The molecule has 0 saturated carbocycles. The van der Waals surface area contributed by atoms with Gasteiger partial charge in [-0.15, -0.1) is 0 Å². The Labute approximate surface area is 269 Å². The van der Waals surface area contributed by atoms with Gasteiger partial charge in [0.2, 0.25) is 12.3 Å². The van der Waals surface area contributed by atoms with Crippen LogP contribution in [-0.4, -0.2) is 111 Å². The smallest absolute Gasteiger partial charge is 0.475 e. The van der Waals surface area contributed by atoms with Gasteiger partial charge in [-0.2, -0.15) is 13.2 Å². The largest absolute Gasteiger partial charge is 0.490 e. The Balaban J connectivity index is 0.000000738. The van der Waals surface area contributed by atoms with Crippen LogP contribution in [0.3, 0.4) is 0 Å². The van der Waals surface area contributed by atoms with Gasteiger partial charge in [-0.1, -0.05) is 11.6 Å². The fourth-order valence-corrected chi connectivity index (χ4v) is 6.43. The monoisotopic (exact) mass is 681 g/mol. The number of aliphatic carboxylic acids is 1. The lowest BCUT2D eigenvalue weighted by molar-refractivity contribution is -0.192. The topological polar surface area (TPSA) is 122 Å². The summed E-state index contributed by atoms with van der Waals surface area (Å²) in [7, 11) is 1.82. The third kappa shape index (κ3) is 9.98. The summed E-state index contributed by atoms with van der Waals surface area (Å²) in [6.45, 7) is 6.13. The van der Waals surface area contributed by atoms with Gasteiger partial charge in [-0.05, 0) is 81.8 Å². The normalized spacial score (nSPS) is 21.1. The van der Waals surface area contributed by atoms with E-state index in [2.05, 4.69) is 15.5 Å². The number of nitrogens with one attached hydrogen (secondary N) is 2. The highest BCUT2D eigenvalue weighted by atomic mass is 35.5. The van der Waals surface area contributed by atoms with Crippen molar-refractivity contribution in [3.8, 4) is 0 Å². The Kier molecular flexibility index (Phi) is 12.8. The zero-order valence-electron chi connectivity index (χ0n) is 25.9. The number of halogens is 6. The van der Waals surface area contributed by atoms with Crippen LogP contribution in [0.25, 0.3) is 0 Å². The average molecular weight is 682 g/mol. The summed E-state index contributed by atoms with van der Waals surface area (Å²) in [6, 6.07) is 3.52. The number of amides is 3. The van der Waals surface area contributed by atoms with Crippen LogP contribution in [0.5, 0.6) is 0 Å². The number of piperidine rings is 3. The zero-order chi connectivity index (χ0) is 34.3. The molecule has 1 atom stereocenters. The van der Waals surface area contributed by atoms with Crippen molar-refractivity contribution in [1.82, 2.24) is 20.4 Å². The number of hydrogen-bond acceptors (Lipinski definition) is 7. The van der Waals surface area contributed by atoms with Crippen LogP contribution in [0.4, 0.5) is 27.6 Å². The van der Waals surface area contributed by atoms with E-state index in [0.29, 0.717) is 56.1 Å². The van der Waals surface area contributed by atoms with Gasteiger partial charge in [0, 0.05) is 61.8 Å². The maximum atomic E-state index is 14.3. The van der Waals surface area contributed by atoms with E-state index in [1.54, 1.807) is 6.07 Å². The van der Waals surface area contributed by atoms with Crippen molar-refractivity contribution < 1.29 is 46.2 Å². The van der Waals surface area contributed by atoms with Crippen LogP contribution >= 0.6 is 11.6 Å². The molecular formula is C30H41ClF5N5O5. The SMILES string of the molecule is Cc1c(Cl)cc(C(=O)N2CCC3(CCN(CC4CCNCC4(F)F)CC3)CC2)cc1N(C)CCC(=O)NC=O.O=C(O)C(F)(F)F. The molecule has 1 spiro atoms. The number of anilines is 1. The summed E-state index contributed by atoms with van der Waals surface area (Å²) >= 11 is 6.50. The number of carbonyl (C=O) groups is 4. The molecule has 1 aromatic rings. The Morgan fingerprint density at radius 1 is 1.13 bits per heavy atom. The molecule has 16 heteroatoms. The van der Waals surface area contributed by atoms with Crippen molar-refractivity contribution in [1.29, 1.82) is 0 Å². The molecule has 3 heterocycles. The predicted molar refractivity (Wildman–Crippen MR) is 161 cm³/mol. The number of carboxylic acid groups (broad SMARTS) is 1. The van der Waals surface area contributed by atoms with Crippen LogP contribution < -0.4 is 15.5 Å². The standard InChI is InChI=1S/C28H40ClF2N5O3.C2HF3O2/c1-20-23(29)15-21(16-24(20)34(2)10-4-25(38)33-19-37)26(39)36-13-7-27(8-14-36)5-11-35(12-6-27)17-22-3-9-32-18-28(22,30)31;3-2(4,5)1(6)7/h15-16,19,22,32H,3-14,17-18H2,1-2H3,(H,33,37,38);(H,6,7). The quantitative estimate of drug-likeness (QED) is 0.279. The molecule has 0 bridgehead atoms. The molecule has 1 unspecified atom stereocenters. The van der Waals surface area contributed by atoms with Crippen LogP contribution in [-0.2, 0) is 14.4 Å². The van der Waals surface area contributed by atoms with Crippen molar-refractivity contribution in [3.05, 3.63) is 28.3 Å². The van der Waals surface area contributed by atoms with E-state index in [9.17, 15) is 36.3 Å². The highest BCUT2D eigenvalue weighted by Crippen LogP contribution is 2.42. The molecule has 3 saturated heterocycles. The Hall–Kier alpha value is -3.04. The lowest BCUT2D eigenvalue weighted by atomic mass is 9.71. The molecule has 0 aliphatic carbocycles. The second kappa shape index (κ2) is 15.7. The number of alkyl halides is 5. The first-order valence-corrected chi connectivity index (χ1v) is 15.5. The second-order valence-electron chi connectivity index (χ2n) is 12.3. The minimum Gasteiger partial charge on any atom is -0.475 e. The van der Waals surface area contributed by atoms with Gasteiger partial charge in [-0.25, -0.2) is 13.6 Å². The predicted octanol–water partition coefficient (Wildman–Crippen LogP) is 3.94. The number of imide groups is 1. The number of nitrogens with zero attached hydrogens (tertiary/aromatic N) is 3. The molecule has 0 aromatic heterocycles. The summed E-state index contributed by atoms with van der Waals surface area (Å²) in [5.41, 5.74) is 2.27. The van der Waals surface area contributed by atoms with Gasteiger partial charge in [0.05, 0.1) is 6.54 Å². The summed E-state index contributed by atoms with van der Waals surface area (Å²) in [5.74, 6) is -6.41. The molecule has 258 valence electrons. The van der Waals surface area contributed by atoms with Crippen LogP contribution in [0.2, 0.25) is 5.02 Å². The number of carbonyl (C=O) groups excluding carboxylic acids is 3. The molecule has 3 aliphatic heterocycles. The number of rotatable bonds is 8. The molecule has 10 nitrogen and oxygen atoms in total. The maximum absolute atomic E-state index is 14.3. The minimum absolute atomic E-state index is 0.0642. The van der Waals surface area contributed by atoms with E-state index in [4.69, 9.17) is 21.5 Å². The Morgan fingerprint density at radius 3 is 2.26 bits per heavy atom. The Bertz CT molecular complexity index is 1250. The van der Waals surface area contributed by atoms with E-state index < -0.39 is 24.0 Å². The third-order valence-corrected chi connectivity index (χ3v) is 9.64. The molecule has 0 radical (unpaired) electrons. The van der Waals surface area contributed by atoms with E-state index in [-0.39, 0.29) is 30.2 Å². The van der Waals surface area contributed by atoms with Gasteiger partial charge in [0.15, 0.2) is 0 Å². The van der Waals surface area contributed by atoms with Crippen LogP contribution in [0, 0.1) is 18.3 Å². The highest BCUT2D eigenvalue weighted by Gasteiger charge is 2.44. The van der Waals surface area contributed by atoms with Gasteiger partial charge in [-0.3, -0.25) is 19.7 Å². The number of likely N-dealkylation sites (tertiary alicyclic amines) is 2. The van der Waals surface area contributed by atoms with Gasteiger partial charge < -0.3 is 25.1 Å². The van der Waals surface area contributed by atoms with Gasteiger partial charge in [0.1, 0.15) is 0 Å². The van der Waals surface area contributed by atoms with Crippen molar-refractivity contribution in [2.24, 2.45) is 11.3 Å². The first-order valence-electron chi connectivity index (χ1n) is 15.1. The first-order chi connectivity index (χ1) is 21.5. The lowest BCUT2D eigenvalue weighted by Crippen LogP contribution is -2.53.